The van der Waals surface area contributed by atoms with Crippen molar-refractivity contribution in [1.29, 1.82) is 0 Å². The van der Waals surface area contributed by atoms with Crippen LogP contribution in [0.3, 0.4) is 0 Å². The molecule has 2 aromatic rings. The van der Waals surface area contributed by atoms with E-state index in [1.807, 2.05) is 18.2 Å². The molecule has 1 aromatic heterocycles. The maximum Gasteiger partial charge on any atom is 0.261 e. The van der Waals surface area contributed by atoms with Crippen LogP contribution in [0, 0.1) is 0 Å². The zero-order valence-corrected chi connectivity index (χ0v) is 14.4. The number of aryl methyl sites for hydroxylation is 1. The average molecular weight is 343 g/mol. The number of carbonyl (C=O) groups is 1. The average Bonchev–Trinajstić information content (AvgIpc) is 2.66. The summed E-state index contributed by atoms with van der Waals surface area (Å²) in [5.41, 5.74) is 0.582. The smallest absolute Gasteiger partial charge is 0.261 e. The molecular formula is C18H25N5O2. The standard InChI is InChI=1S/C18H25N5O2/c24-17(20-7-3-10-22-12-8-19-9-13-22)6-11-23-14-21-16-5-2-1-4-15(16)18(23)25/h1-2,4-5,14,19H,3,6-13H2,(H,20,24). The fourth-order valence-electron chi connectivity index (χ4n) is 3.04. The number of piperazine rings is 1. The predicted molar refractivity (Wildman–Crippen MR) is 97.6 cm³/mol. The number of rotatable bonds is 7. The van der Waals surface area contributed by atoms with Gasteiger partial charge in [-0.25, -0.2) is 4.98 Å². The predicted octanol–water partition coefficient (Wildman–Crippen LogP) is 0.198. The minimum Gasteiger partial charge on any atom is -0.356 e. The Bertz CT molecular complexity index is 767. The van der Waals surface area contributed by atoms with E-state index in [9.17, 15) is 9.59 Å². The molecule has 0 atom stereocenters. The van der Waals surface area contributed by atoms with Crippen molar-refractivity contribution in [3.05, 3.63) is 40.9 Å². The molecule has 25 heavy (non-hydrogen) atoms. The van der Waals surface area contributed by atoms with Gasteiger partial charge in [0.2, 0.25) is 5.91 Å². The van der Waals surface area contributed by atoms with E-state index in [0.29, 0.717) is 24.0 Å². The molecule has 1 aromatic carbocycles. The zero-order chi connectivity index (χ0) is 17.5. The molecule has 2 heterocycles. The Morgan fingerprint density at radius 3 is 2.84 bits per heavy atom. The summed E-state index contributed by atoms with van der Waals surface area (Å²) in [5, 5.41) is 6.84. The lowest BCUT2D eigenvalue weighted by Crippen LogP contribution is -2.44. The van der Waals surface area contributed by atoms with E-state index in [-0.39, 0.29) is 17.9 Å². The quantitative estimate of drug-likeness (QED) is 0.702. The van der Waals surface area contributed by atoms with E-state index in [1.54, 1.807) is 6.07 Å². The lowest BCUT2D eigenvalue weighted by molar-refractivity contribution is -0.121. The highest BCUT2D eigenvalue weighted by molar-refractivity contribution is 5.77. The molecule has 1 aliphatic heterocycles. The maximum atomic E-state index is 12.4. The third-order valence-electron chi connectivity index (χ3n) is 4.49. The lowest BCUT2D eigenvalue weighted by Gasteiger charge is -2.27. The van der Waals surface area contributed by atoms with E-state index < -0.39 is 0 Å². The van der Waals surface area contributed by atoms with E-state index in [2.05, 4.69) is 20.5 Å². The van der Waals surface area contributed by atoms with Crippen LogP contribution in [0.1, 0.15) is 12.8 Å². The normalized spacial score (nSPS) is 15.4. The molecule has 2 N–H and O–H groups in total. The maximum absolute atomic E-state index is 12.4. The molecule has 3 rings (SSSR count). The second-order valence-electron chi connectivity index (χ2n) is 6.31. The highest BCUT2D eigenvalue weighted by atomic mass is 16.1. The summed E-state index contributed by atoms with van der Waals surface area (Å²) >= 11 is 0. The molecule has 0 radical (unpaired) electrons. The van der Waals surface area contributed by atoms with Crippen molar-refractivity contribution in [2.75, 3.05) is 39.3 Å². The Hall–Kier alpha value is -2.25. The lowest BCUT2D eigenvalue weighted by atomic mass is 10.2. The molecule has 0 aliphatic carbocycles. The van der Waals surface area contributed by atoms with Crippen molar-refractivity contribution in [3.8, 4) is 0 Å². The molecule has 0 spiro atoms. The molecule has 0 unspecified atom stereocenters. The van der Waals surface area contributed by atoms with Crippen LogP contribution in [0.5, 0.6) is 0 Å². The van der Waals surface area contributed by atoms with Crippen molar-refractivity contribution in [2.45, 2.75) is 19.4 Å². The van der Waals surface area contributed by atoms with Gasteiger partial charge in [-0.15, -0.1) is 0 Å². The number of hydrogen-bond donors (Lipinski definition) is 2. The summed E-state index contributed by atoms with van der Waals surface area (Å²) < 4.78 is 1.50. The first-order chi connectivity index (χ1) is 12.2. The topological polar surface area (TPSA) is 79.3 Å². The summed E-state index contributed by atoms with van der Waals surface area (Å²) in [6.45, 7) is 6.27. The SMILES string of the molecule is O=C(CCn1cnc2ccccc2c1=O)NCCCN1CCNCC1. The van der Waals surface area contributed by atoms with Crippen LogP contribution >= 0.6 is 0 Å². The van der Waals surface area contributed by atoms with Crippen LogP contribution in [0.25, 0.3) is 10.9 Å². The third-order valence-corrected chi connectivity index (χ3v) is 4.49. The Morgan fingerprint density at radius 2 is 2.00 bits per heavy atom. The van der Waals surface area contributed by atoms with Gasteiger partial charge in [0.05, 0.1) is 17.2 Å². The van der Waals surface area contributed by atoms with E-state index >= 15 is 0 Å². The molecule has 1 amide bonds. The van der Waals surface area contributed by atoms with Crippen molar-refractivity contribution >= 4 is 16.8 Å². The molecule has 134 valence electrons. The van der Waals surface area contributed by atoms with Gasteiger partial charge < -0.3 is 15.5 Å². The minimum absolute atomic E-state index is 0.0274. The van der Waals surface area contributed by atoms with Crippen LogP contribution in [-0.4, -0.2) is 59.6 Å². The van der Waals surface area contributed by atoms with Gasteiger partial charge in [0.25, 0.3) is 5.56 Å². The van der Waals surface area contributed by atoms with E-state index in [4.69, 9.17) is 0 Å². The van der Waals surface area contributed by atoms with Crippen LogP contribution < -0.4 is 16.2 Å². The number of fused-ring (bicyclic) bond motifs is 1. The zero-order valence-electron chi connectivity index (χ0n) is 14.4. The summed E-state index contributed by atoms with van der Waals surface area (Å²) in [4.78, 5) is 31.0. The van der Waals surface area contributed by atoms with Crippen molar-refractivity contribution < 1.29 is 4.79 Å². The number of amides is 1. The third kappa shape index (κ3) is 4.87. The molecular weight excluding hydrogens is 318 g/mol. The second-order valence-corrected chi connectivity index (χ2v) is 6.31. The second kappa shape index (κ2) is 8.73. The first kappa shape index (κ1) is 17.6. The Kier molecular flexibility index (Phi) is 6.14. The van der Waals surface area contributed by atoms with Crippen molar-refractivity contribution in [1.82, 2.24) is 25.1 Å². The van der Waals surface area contributed by atoms with Crippen molar-refractivity contribution in [3.63, 3.8) is 0 Å². The number of nitrogens with one attached hydrogen (secondary N) is 2. The van der Waals surface area contributed by atoms with Crippen LogP contribution in [-0.2, 0) is 11.3 Å². The number of nitrogens with zero attached hydrogens (tertiary/aromatic N) is 3. The van der Waals surface area contributed by atoms with Gasteiger partial charge in [-0.05, 0) is 25.1 Å². The van der Waals surface area contributed by atoms with Crippen molar-refractivity contribution in [2.24, 2.45) is 0 Å². The van der Waals surface area contributed by atoms with E-state index in [1.165, 1.54) is 10.9 Å². The highest BCUT2D eigenvalue weighted by Gasteiger charge is 2.09. The summed E-state index contributed by atoms with van der Waals surface area (Å²) in [6, 6.07) is 7.25. The van der Waals surface area contributed by atoms with Gasteiger partial charge in [0.15, 0.2) is 0 Å². The summed E-state index contributed by atoms with van der Waals surface area (Å²) in [6.07, 6.45) is 2.75. The molecule has 1 saturated heterocycles. The number of carbonyl (C=O) groups excluding carboxylic acids is 1. The van der Waals surface area contributed by atoms with Gasteiger partial charge in [-0.1, -0.05) is 12.1 Å². The largest absolute Gasteiger partial charge is 0.356 e. The number of para-hydroxylation sites is 1. The fraction of sp³-hybridized carbons (Fsp3) is 0.500. The van der Waals surface area contributed by atoms with Gasteiger partial charge in [0, 0.05) is 45.7 Å². The number of benzene rings is 1. The fourth-order valence-corrected chi connectivity index (χ4v) is 3.04. The molecule has 7 heteroatoms. The highest BCUT2D eigenvalue weighted by Crippen LogP contribution is 2.04. The number of hydrogen-bond acceptors (Lipinski definition) is 5. The molecule has 0 saturated carbocycles. The summed E-state index contributed by atoms with van der Waals surface area (Å²) in [7, 11) is 0. The Balaban J connectivity index is 1.41. The molecule has 0 bridgehead atoms. The molecule has 7 nitrogen and oxygen atoms in total. The van der Waals surface area contributed by atoms with Gasteiger partial charge in [0.1, 0.15) is 0 Å². The Morgan fingerprint density at radius 1 is 1.20 bits per heavy atom. The summed E-state index contributed by atoms with van der Waals surface area (Å²) in [5.74, 6) is -0.0274. The minimum atomic E-state index is -0.0999. The number of aromatic nitrogens is 2. The van der Waals surface area contributed by atoms with Crippen LogP contribution in [0.15, 0.2) is 35.4 Å². The first-order valence-electron chi connectivity index (χ1n) is 8.88. The van der Waals surface area contributed by atoms with E-state index in [0.717, 1.165) is 39.1 Å². The molecule has 1 aliphatic rings. The van der Waals surface area contributed by atoms with Gasteiger partial charge in [-0.2, -0.15) is 0 Å². The first-order valence-corrected chi connectivity index (χ1v) is 8.88. The Labute approximate surface area is 147 Å². The van der Waals surface area contributed by atoms with Crippen LogP contribution in [0.2, 0.25) is 0 Å². The monoisotopic (exact) mass is 343 g/mol. The van der Waals surface area contributed by atoms with Crippen LogP contribution in [0.4, 0.5) is 0 Å². The molecule has 1 fully saturated rings. The van der Waals surface area contributed by atoms with Gasteiger partial charge >= 0.3 is 0 Å². The van der Waals surface area contributed by atoms with Gasteiger partial charge in [-0.3, -0.25) is 14.2 Å².